The van der Waals surface area contributed by atoms with Gasteiger partial charge in [0.25, 0.3) is 0 Å². The van der Waals surface area contributed by atoms with Gasteiger partial charge in [-0.2, -0.15) is 5.10 Å². The van der Waals surface area contributed by atoms with Crippen molar-refractivity contribution in [2.75, 3.05) is 6.54 Å². The molecule has 0 amide bonds. The summed E-state index contributed by atoms with van der Waals surface area (Å²) in [5.41, 5.74) is 5.54. The van der Waals surface area contributed by atoms with Crippen molar-refractivity contribution < 1.29 is 0 Å². The van der Waals surface area contributed by atoms with Gasteiger partial charge >= 0.3 is 0 Å². The van der Waals surface area contributed by atoms with Crippen molar-refractivity contribution in [2.24, 2.45) is 5.92 Å². The molecule has 4 aromatic rings. The highest BCUT2D eigenvalue weighted by atomic mass is 32.2. The van der Waals surface area contributed by atoms with Gasteiger partial charge in [-0.3, -0.25) is 5.10 Å². The predicted octanol–water partition coefficient (Wildman–Crippen LogP) is 5.15. The van der Waals surface area contributed by atoms with Crippen molar-refractivity contribution in [1.29, 1.82) is 0 Å². The number of nitrogens with one attached hydrogen (secondary N) is 1. The second-order valence-electron chi connectivity index (χ2n) is 8.01. The van der Waals surface area contributed by atoms with Crippen LogP contribution in [-0.4, -0.2) is 36.6 Å². The van der Waals surface area contributed by atoms with Gasteiger partial charge in [0, 0.05) is 42.0 Å². The molecule has 5 rings (SSSR count). The van der Waals surface area contributed by atoms with Gasteiger partial charge in [0.15, 0.2) is 0 Å². The molecule has 0 bridgehead atoms. The van der Waals surface area contributed by atoms with Gasteiger partial charge in [-0.1, -0.05) is 17.7 Å². The van der Waals surface area contributed by atoms with Crippen molar-refractivity contribution in [3.8, 4) is 11.3 Å². The number of benzene rings is 1. The zero-order valence-electron chi connectivity index (χ0n) is 16.7. The molecule has 0 unspecified atom stereocenters. The molecule has 1 aliphatic rings. The van der Waals surface area contributed by atoms with Crippen molar-refractivity contribution in [3.63, 3.8) is 0 Å². The molecule has 3 aromatic heterocycles. The van der Waals surface area contributed by atoms with Crippen molar-refractivity contribution in [2.45, 2.75) is 37.8 Å². The molecule has 0 aliphatic carbocycles. The van der Waals surface area contributed by atoms with Crippen molar-refractivity contribution >= 4 is 23.0 Å². The number of rotatable bonds is 5. The molecule has 0 saturated carbocycles. The molecule has 2 atom stereocenters. The second-order valence-corrected chi connectivity index (χ2v) is 9.13. The summed E-state index contributed by atoms with van der Waals surface area (Å²) in [4.78, 5) is 6.13. The number of H-pyrrole nitrogens is 1. The normalized spacial score (nSPS) is 19.9. The lowest BCUT2D eigenvalue weighted by Crippen LogP contribution is -2.19. The lowest BCUT2D eigenvalue weighted by Gasteiger charge is -2.19. The number of aromatic amines is 1. The number of hydrogen-bond acceptors (Lipinski definition) is 4. The van der Waals surface area contributed by atoms with E-state index in [0.717, 1.165) is 29.9 Å². The molecular formula is C23H25N5S. The maximum Gasteiger partial charge on any atom is 0.0888 e. The highest BCUT2D eigenvalue weighted by molar-refractivity contribution is 7.97. The van der Waals surface area contributed by atoms with E-state index in [9.17, 15) is 0 Å². The van der Waals surface area contributed by atoms with E-state index in [0.29, 0.717) is 12.0 Å². The lowest BCUT2D eigenvalue weighted by molar-refractivity contribution is 0.450. The highest BCUT2D eigenvalue weighted by Crippen LogP contribution is 2.35. The zero-order valence-corrected chi connectivity index (χ0v) is 17.6. The van der Waals surface area contributed by atoms with E-state index in [1.165, 1.54) is 22.4 Å². The highest BCUT2D eigenvalue weighted by Gasteiger charge is 2.30. The topological polar surface area (TPSA) is 49.7 Å². The van der Waals surface area contributed by atoms with Gasteiger partial charge in [0.1, 0.15) is 0 Å². The third-order valence-corrected chi connectivity index (χ3v) is 6.95. The second kappa shape index (κ2) is 7.69. The summed E-state index contributed by atoms with van der Waals surface area (Å²) in [6.45, 7) is 6.62. The Morgan fingerprint density at radius 1 is 1.14 bits per heavy atom. The summed E-state index contributed by atoms with van der Waals surface area (Å²) in [6.07, 6.45) is 7.09. The van der Waals surface area contributed by atoms with Crippen molar-refractivity contribution in [1.82, 2.24) is 24.1 Å². The van der Waals surface area contributed by atoms with E-state index in [1.807, 2.05) is 24.3 Å². The van der Waals surface area contributed by atoms with Crippen LogP contribution in [0.25, 0.3) is 22.3 Å². The quantitative estimate of drug-likeness (QED) is 0.468. The van der Waals surface area contributed by atoms with Gasteiger partial charge < -0.3 is 4.57 Å². The summed E-state index contributed by atoms with van der Waals surface area (Å²) in [5.74, 6) is 0.645. The summed E-state index contributed by atoms with van der Waals surface area (Å²) >= 11 is 1.89. The van der Waals surface area contributed by atoms with Crippen molar-refractivity contribution in [3.05, 3.63) is 66.6 Å². The first-order valence-electron chi connectivity index (χ1n) is 10.1. The smallest absolute Gasteiger partial charge is 0.0888 e. The van der Waals surface area contributed by atoms with Crippen LogP contribution in [0.3, 0.4) is 0 Å². The molecular weight excluding hydrogens is 378 g/mol. The Kier molecular flexibility index (Phi) is 4.89. The van der Waals surface area contributed by atoms with Crippen LogP contribution >= 0.6 is 11.9 Å². The molecule has 1 saturated heterocycles. The minimum Gasteiger partial charge on any atom is -0.346 e. The molecule has 1 N–H and O–H groups in total. The van der Waals surface area contributed by atoms with E-state index >= 15 is 0 Å². The van der Waals surface area contributed by atoms with Gasteiger partial charge in [-0.25, -0.2) is 9.29 Å². The van der Waals surface area contributed by atoms with E-state index in [-0.39, 0.29) is 0 Å². The van der Waals surface area contributed by atoms with Gasteiger partial charge in [0.2, 0.25) is 0 Å². The Labute approximate surface area is 175 Å². The fourth-order valence-electron chi connectivity index (χ4n) is 4.17. The molecule has 4 heterocycles. The minimum absolute atomic E-state index is 0.582. The van der Waals surface area contributed by atoms with E-state index in [4.69, 9.17) is 4.98 Å². The molecule has 1 aromatic carbocycles. The maximum absolute atomic E-state index is 4.81. The predicted molar refractivity (Wildman–Crippen MR) is 119 cm³/mol. The molecule has 6 heteroatoms. The largest absolute Gasteiger partial charge is 0.346 e. The lowest BCUT2D eigenvalue weighted by atomic mass is 10.1. The summed E-state index contributed by atoms with van der Waals surface area (Å²) in [6, 6.07) is 15.8. The fraction of sp³-hybridized carbons (Fsp3) is 0.304. The molecule has 1 fully saturated rings. The SMILES string of the molecule is Cc1ccc(SN2C[C@@H](Cn3ccc4nc(-c5cn[nH]c5)ccc43)C[C@@H]2C)cc1. The zero-order chi connectivity index (χ0) is 19.8. The fourth-order valence-corrected chi connectivity index (χ4v) is 5.25. The summed E-state index contributed by atoms with van der Waals surface area (Å²) in [7, 11) is 0. The Morgan fingerprint density at radius 2 is 2.00 bits per heavy atom. The molecule has 5 nitrogen and oxygen atoms in total. The van der Waals surface area contributed by atoms with Crippen LogP contribution in [0.4, 0.5) is 0 Å². The van der Waals surface area contributed by atoms with Crippen LogP contribution < -0.4 is 0 Å². The van der Waals surface area contributed by atoms with Crippen LogP contribution in [0.5, 0.6) is 0 Å². The minimum atomic E-state index is 0.582. The third kappa shape index (κ3) is 3.82. The van der Waals surface area contributed by atoms with E-state index < -0.39 is 0 Å². The van der Waals surface area contributed by atoms with Gasteiger partial charge in [0.05, 0.1) is 22.9 Å². The summed E-state index contributed by atoms with van der Waals surface area (Å²) in [5, 5.41) is 6.88. The Balaban J connectivity index is 1.29. The maximum atomic E-state index is 4.81. The summed E-state index contributed by atoms with van der Waals surface area (Å²) < 4.78 is 4.90. The third-order valence-electron chi connectivity index (χ3n) is 5.72. The van der Waals surface area contributed by atoms with Crippen LogP contribution in [0.15, 0.2) is 66.0 Å². The number of hydrogen-bond donors (Lipinski definition) is 1. The first kappa shape index (κ1) is 18.5. The monoisotopic (exact) mass is 403 g/mol. The van der Waals surface area contributed by atoms with Crippen LogP contribution in [0, 0.1) is 12.8 Å². The van der Waals surface area contributed by atoms with Crippen LogP contribution in [0.1, 0.15) is 18.9 Å². The number of nitrogens with zero attached hydrogens (tertiary/aromatic N) is 4. The average molecular weight is 404 g/mol. The Morgan fingerprint density at radius 3 is 2.79 bits per heavy atom. The van der Waals surface area contributed by atoms with Crippen LogP contribution in [0.2, 0.25) is 0 Å². The van der Waals surface area contributed by atoms with Gasteiger partial charge in [-0.15, -0.1) is 0 Å². The standard InChI is InChI=1S/C23H25N5S/c1-16-3-5-20(6-4-16)29-28-15-18(11-17(28)2)14-27-10-9-22-23(27)8-7-21(26-22)19-12-24-25-13-19/h3-10,12-13,17-18H,11,14-15H2,1-2H3,(H,24,25)/t17-,18+/m0/s1. The molecule has 148 valence electrons. The first-order valence-corrected chi connectivity index (χ1v) is 10.9. The number of fused-ring (bicyclic) bond motifs is 1. The Bertz CT molecular complexity index is 1100. The molecule has 0 spiro atoms. The van der Waals surface area contributed by atoms with E-state index in [2.05, 4.69) is 81.6 Å². The Hall–Kier alpha value is -2.57. The number of aryl methyl sites for hydroxylation is 1. The van der Waals surface area contributed by atoms with Crippen LogP contribution in [-0.2, 0) is 6.54 Å². The molecule has 1 aliphatic heterocycles. The molecule has 0 radical (unpaired) electrons. The van der Waals surface area contributed by atoms with Gasteiger partial charge in [-0.05, 0) is 68.5 Å². The first-order chi connectivity index (χ1) is 14.2. The average Bonchev–Trinajstić information content (AvgIpc) is 3.45. The van der Waals surface area contributed by atoms with E-state index in [1.54, 1.807) is 0 Å². The number of pyridine rings is 1. The molecule has 29 heavy (non-hydrogen) atoms. The number of aromatic nitrogens is 4.